The number of anilines is 3. The first-order valence-electron chi connectivity index (χ1n) is 8.84. The maximum Gasteiger partial charge on any atom is 0.273 e. The number of benzene rings is 3. The van der Waals surface area contributed by atoms with E-state index in [9.17, 15) is 14.0 Å². The molecule has 0 radical (unpaired) electrons. The smallest absolute Gasteiger partial charge is 0.273 e. The van der Waals surface area contributed by atoms with E-state index < -0.39 is 4.87 Å². The zero-order chi connectivity index (χ0) is 19.3. The Morgan fingerprint density at radius 1 is 0.821 bits per heavy atom. The van der Waals surface area contributed by atoms with Crippen LogP contribution in [-0.4, -0.2) is 17.6 Å². The van der Waals surface area contributed by atoms with E-state index in [0.29, 0.717) is 5.69 Å². The van der Waals surface area contributed by atoms with Gasteiger partial charge in [-0.1, -0.05) is 36.4 Å². The van der Waals surface area contributed by atoms with Crippen LogP contribution in [0.1, 0.15) is 5.56 Å². The number of halogens is 1. The quantitative estimate of drug-likeness (QED) is 0.650. The molecule has 3 aromatic carbocycles. The van der Waals surface area contributed by atoms with Crippen molar-refractivity contribution >= 4 is 40.6 Å². The lowest BCUT2D eigenvalue weighted by Gasteiger charge is -2.33. The second kappa shape index (κ2) is 6.21. The van der Waals surface area contributed by atoms with Crippen molar-refractivity contribution in [3.63, 3.8) is 0 Å². The third kappa shape index (κ3) is 2.24. The van der Waals surface area contributed by atoms with Gasteiger partial charge in [-0.25, -0.2) is 4.39 Å². The van der Waals surface area contributed by atoms with Crippen LogP contribution in [0.2, 0.25) is 0 Å². The predicted molar refractivity (Wildman–Crippen MR) is 108 cm³/mol. The van der Waals surface area contributed by atoms with Crippen molar-refractivity contribution in [1.29, 1.82) is 0 Å². The fraction of sp³-hybridized carbons (Fsp3) is 0.0909. The molecule has 0 aliphatic carbocycles. The van der Waals surface area contributed by atoms with E-state index in [1.54, 1.807) is 17.0 Å². The maximum atomic E-state index is 13.8. The lowest BCUT2D eigenvalue weighted by atomic mass is 10.0. The third-order valence-corrected chi connectivity index (χ3v) is 6.46. The van der Waals surface area contributed by atoms with E-state index in [1.165, 1.54) is 28.8 Å². The Morgan fingerprint density at radius 3 is 2.25 bits per heavy atom. The number of hydrogen-bond donors (Lipinski definition) is 0. The molecule has 2 heterocycles. The monoisotopic (exact) mass is 390 g/mol. The molecule has 4 nitrogen and oxygen atoms in total. The highest BCUT2D eigenvalue weighted by molar-refractivity contribution is 8.02. The number of fused-ring (bicyclic) bond motifs is 2. The van der Waals surface area contributed by atoms with E-state index in [1.807, 2.05) is 54.6 Å². The van der Waals surface area contributed by atoms with Gasteiger partial charge in [0.05, 0.1) is 11.4 Å². The van der Waals surface area contributed by atoms with Crippen LogP contribution in [0.15, 0.2) is 78.9 Å². The number of amides is 2. The molecule has 1 saturated heterocycles. The van der Waals surface area contributed by atoms with Crippen LogP contribution in [0, 0.1) is 5.82 Å². The van der Waals surface area contributed by atoms with Crippen LogP contribution in [0.4, 0.5) is 21.5 Å². The fourth-order valence-electron chi connectivity index (χ4n) is 3.91. The summed E-state index contributed by atoms with van der Waals surface area (Å²) in [6.07, 6.45) is 0. The molecule has 0 aromatic heterocycles. The van der Waals surface area contributed by atoms with Crippen molar-refractivity contribution in [3.8, 4) is 0 Å². The Morgan fingerprint density at radius 2 is 1.50 bits per heavy atom. The molecule has 0 saturated carbocycles. The van der Waals surface area contributed by atoms with Crippen LogP contribution in [0.25, 0.3) is 0 Å². The van der Waals surface area contributed by atoms with E-state index in [2.05, 4.69) is 0 Å². The summed E-state index contributed by atoms with van der Waals surface area (Å²) < 4.78 is 13.5. The summed E-state index contributed by atoms with van der Waals surface area (Å²) in [4.78, 5) is 28.7. The molecule has 2 aliphatic heterocycles. The van der Waals surface area contributed by atoms with Crippen molar-refractivity contribution < 1.29 is 14.0 Å². The molecule has 2 aliphatic rings. The minimum absolute atomic E-state index is 0.172. The van der Waals surface area contributed by atoms with Gasteiger partial charge in [0, 0.05) is 16.9 Å². The van der Waals surface area contributed by atoms with Gasteiger partial charge >= 0.3 is 0 Å². The predicted octanol–water partition coefficient (Wildman–Crippen LogP) is 4.44. The van der Waals surface area contributed by atoms with Crippen LogP contribution in [0.3, 0.4) is 0 Å². The molecule has 1 atom stereocenters. The van der Waals surface area contributed by atoms with Gasteiger partial charge in [0.1, 0.15) is 5.82 Å². The fourth-order valence-corrected chi connectivity index (χ4v) is 5.25. The maximum absolute atomic E-state index is 13.8. The number of hydrogen-bond acceptors (Lipinski definition) is 3. The minimum atomic E-state index is -1.19. The lowest BCUT2D eigenvalue weighted by molar-refractivity contribution is -0.123. The van der Waals surface area contributed by atoms with Crippen molar-refractivity contribution in [2.24, 2.45) is 0 Å². The van der Waals surface area contributed by atoms with E-state index in [-0.39, 0.29) is 23.4 Å². The number of para-hydroxylation sites is 2. The number of rotatable bonds is 2. The molecule has 5 rings (SSSR count). The van der Waals surface area contributed by atoms with E-state index in [0.717, 1.165) is 16.9 Å². The molecule has 1 spiro atoms. The Labute approximate surface area is 165 Å². The third-order valence-electron chi connectivity index (χ3n) is 5.07. The Bertz CT molecular complexity index is 1090. The standard InChI is InChI=1S/C22H15FN2O2S/c23-15-10-12-17(13-11-15)25-20(26)14-28-22(25)18-8-4-5-9-19(18)24(21(22)27)16-6-2-1-3-7-16/h1-13H,14H2. The first kappa shape index (κ1) is 17.0. The SMILES string of the molecule is O=C1CSC2(C(=O)N(c3ccccc3)c3ccccc32)N1c1ccc(F)cc1. The molecule has 6 heteroatoms. The molecular formula is C22H15FN2O2S. The molecule has 138 valence electrons. The minimum Gasteiger partial charge on any atom is -0.283 e. The molecule has 1 unspecified atom stereocenters. The van der Waals surface area contributed by atoms with Gasteiger partial charge in [-0.05, 0) is 42.5 Å². The summed E-state index contributed by atoms with van der Waals surface area (Å²) in [5.74, 6) is -0.573. The second-order valence-corrected chi connectivity index (χ2v) is 7.80. The van der Waals surface area contributed by atoms with Crippen molar-refractivity contribution in [2.75, 3.05) is 15.6 Å². The lowest BCUT2D eigenvalue weighted by Crippen LogP contribution is -2.48. The normalized spacial score (nSPS) is 20.9. The second-order valence-electron chi connectivity index (χ2n) is 6.63. The molecule has 0 N–H and O–H groups in total. The Kier molecular flexibility index (Phi) is 3.77. The molecular weight excluding hydrogens is 375 g/mol. The number of nitrogens with zero attached hydrogens (tertiary/aromatic N) is 2. The average Bonchev–Trinajstić information content (AvgIpc) is 3.19. The molecule has 28 heavy (non-hydrogen) atoms. The highest BCUT2D eigenvalue weighted by Crippen LogP contribution is 2.57. The number of thioether (sulfide) groups is 1. The Balaban J connectivity index is 1.73. The average molecular weight is 390 g/mol. The van der Waals surface area contributed by atoms with Gasteiger partial charge < -0.3 is 0 Å². The van der Waals surface area contributed by atoms with Gasteiger partial charge in [-0.15, -0.1) is 11.8 Å². The topological polar surface area (TPSA) is 40.6 Å². The van der Waals surface area contributed by atoms with Crippen LogP contribution < -0.4 is 9.80 Å². The van der Waals surface area contributed by atoms with Gasteiger partial charge in [-0.2, -0.15) is 0 Å². The van der Waals surface area contributed by atoms with Crippen molar-refractivity contribution in [1.82, 2.24) is 0 Å². The molecule has 3 aromatic rings. The first-order chi connectivity index (χ1) is 13.6. The molecule has 1 fully saturated rings. The highest BCUT2D eigenvalue weighted by atomic mass is 32.2. The number of carbonyl (C=O) groups is 2. The summed E-state index contributed by atoms with van der Waals surface area (Å²) in [7, 11) is 0. The number of carbonyl (C=O) groups excluding carboxylic acids is 2. The van der Waals surface area contributed by atoms with Crippen molar-refractivity contribution in [2.45, 2.75) is 4.87 Å². The summed E-state index contributed by atoms with van der Waals surface area (Å²) in [6, 6.07) is 22.6. The van der Waals surface area contributed by atoms with Gasteiger partial charge in [0.25, 0.3) is 5.91 Å². The zero-order valence-corrected chi connectivity index (χ0v) is 15.5. The van der Waals surface area contributed by atoms with Crippen LogP contribution in [-0.2, 0) is 14.5 Å². The first-order valence-corrected chi connectivity index (χ1v) is 9.83. The molecule has 0 bridgehead atoms. The highest BCUT2D eigenvalue weighted by Gasteiger charge is 2.61. The summed E-state index contributed by atoms with van der Waals surface area (Å²) in [5.41, 5.74) is 2.78. The van der Waals surface area contributed by atoms with Gasteiger partial charge in [0.2, 0.25) is 10.8 Å². The van der Waals surface area contributed by atoms with Crippen LogP contribution >= 0.6 is 11.8 Å². The van der Waals surface area contributed by atoms with Crippen molar-refractivity contribution in [3.05, 3.63) is 90.2 Å². The summed E-state index contributed by atoms with van der Waals surface area (Å²) in [6.45, 7) is 0. The van der Waals surface area contributed by atoms with Crippen LogP contribution in [0.5, 0.6) is 0 Å². The Hall–Kier alpha value is -3.12. The van der Waals surface area contributed by atoms with Gasteiger partial charge in [0.15, 0.2) is 0 Å². The van der Waals surface area contributed by atoms with E-state index in [4.69, 9.17) is 0 Å². The molecule has 2 amide bonds. The van der Waals surface area contributed by atoms with E-state index >= 15 is 0 Å². The summed E-state index contributed by atoms with van der Waals surface area (Å²) >= 11 is 1.31. The zero-order valence-electron chi connectivity index (χ0n) is 14.7. The largest absolute Gasteiger partial charge is 0.283 e. The summed E-state index contributed by atoms with van der Waals surface area (Å²) in [5, 5.41) is 0. The van der Waals surface area contributed by atoms with Gasteiger partial charge in [-0.3, -0.25) is 19.4 Å².